The van der Waals surface area contributed by atoms with Crippen molar-refractivity contribution < 1.29 is 14.6 Å². The zero-order chi connectivity index (χ0) is 20.1. The predicted octanol–water partition coefficient (Wildman–Crippen LogP) is 4.35. The Morgan fingerprint density at radius 3 is 2.54 bits per heavy atom. The number of carboxylic acids is 1. The van der Waals surface area contributed by atoms with Gasteiger partial charge in [-0.05, 0) is 33.2 Å². The van der Waals surface area contributed by atoms with Crippen molar-refractivity contribution in [3.05, 3.63) is 59.0 Å². The minimum atomic E-state index is -0.862. The number of benzene rings is 2. The molecule has 28 heavy (non-hydrogen) atoms. The zero-order valence-electron chi connectivity index (χ0n) is 16.3. The Morgan fingerprint density at radius 1 is 1.14 bits per heavy atom. The summed E-state index contributed by atoms with van der Waals surface area (Å²) < 4.78 is 5.96. The first kappa shape index (κ1) is 20.0. The van der Waals surface area contributed by atoms with Crippen molar-refractivity contribution in [3.63, 3.8) is 0 Å². The molecule has 0 amide bonds. The number of nitrogens with zero attached hydrogens (tertiary/aromatic N) is 2. The highest BCUT2D eigenvalue weighted by molar-refractivity contribution is 7.15. The van der Waals surface area contributed by atoms with Crippen LogP contribution in [0.1, 0.15) is 10.4 Å². The van der Waals surface area contributed by atoms with E-state index in [0.29, 0.717) is 6.61 Å². The van der Waals surface area contributed by atoms with Gasteiger partial charge in [-0.25, -0.2) is 4.98 Å². The van der Waals surface area contributed by atoms with E-state index in [1.54, 1.807) is 0 Å². The lowest BCUT2D eigenvalue weighted by molar-refractivity contribution is -0.136. The molecule has 3 rings (SSSR count). The van der Waals surface area contributed by atoms with E-state index in [-0.39, 0.29) is 6.42 Å². The normalized spacial score (nSPS) is 11.0. The molecule has 1 aromatic heterocycles. The molecule has 0 radical (unpaired) electrons. The van der Waals surface area contributed by atoms with Crippen LogP contribution >= 0.6 is 11.3 Å². The van der Waals surface area contributed by atoms with E-state index in [4.69, 9.17) is 9.72 Å². The Balaban J connectivity index is 1.99. The number of hydrogen-bond acceptors (Lipinski definition) is 5. The monoisotopic (exact) mass is 396 g/mol. The molecule has 0 aliphatic rings. The molecule has 146 valence electrons. The average Bonchev–Trinajstić information content (AvgIpc) is 3.05. The summed E-state index contributed by atoms with van der Waals surface area (Å²) in [6, 6.07) is 15.8. The van der Waals surface area contributed by atoms with E-state index in [9.17, 15) is 9.90 Å². The summed E-state index contributed by atoms with van der Waals surface area (Å²) in [6.07, 6.45) is -0.0511. The minimum absolute atomic E-state index is 0.0511. The van der Waals surface area contributed by atoms with Crippen LogP contribution < -0.4 is 4.74 Å². The smallest absolute Gasteiger partial charge is 0.308 e. The van der Waals surface area contributed by atoms with Crippen molar-refractivity contribution in [2.75, 3.05) is 27.2 Å². The highest BCUT2D eigenvalue weighted by Gasteiger charge is 2.18. The van der Waals surface area contributed by atoms with Gasteiger partial charge in [0.15, 0.2) is 0 Å². The Labute approximate surface area is 169 Å². The Bertz CT molecular complexity index is 949. The average molecular weight is 397 g/mol. The number of carboxylic acid groups (broad SMARTS) is 1. The number of hydrogen-bond donors (Lipinski definition) is 1. The number of rotatable bonds is 8. The summed E-state index contributed by atoms with van der Waals surface area (Å²) in [6.45, 7) is 3.41. The maximum atomic E-state index is 11.4. The van der Waals surface area contributed by atoms with E-state index >= 15 is 0 Å². The summed E-state index contributed by atoms with van der Waals surface area (Å²) >= 11 is 1.41. The molecule has 0 unspecified atom stereocenters. The molecule has 0 fully saturated rings. The molecule has 0 atom stereocenters. The molecular formula is C22H24N2O3S. The maximum absolute atomic E-state index is 11.4. The van der Waals surface area contributed by atoms with E-state index in [2.05, 4.69) is 4.90 Å². The fourth-order valence-electron chi connectivity index (χ4n) is 2.77. The molecule has 2 aromatic carbocycles. The number of aromatic nitrogens is 1. The Morgan fingerprint density at radius 2 is 1.86 bits per heavy atom. The maximum Gasteiger partial charge on any atom is 0.308 e. The van der Waals surface area contributed by atoms with Gasteiger partial charge in [0, 0.05) is 17.0 Å². The molecule has 0 saturated carbocycles. The van der Waals surface area contributed by atoms with Gasteiger partial charge < -0.3 is 14.7 Å². The zero-order valence-corrected chi connectivity index (χ0v) is 17.1. The molecule has 6 heteroatoms. The molecule has 0 spiro atoms. The Kier molecular flexibility index (Phi) is 6.44. The first-order valence-electron chi connectivity index (χ1n) is 9.09. The lowest BCUT2D eigenvalue weighted by Crippen LogP contribution is -2.19. The third kappa shape index (κ3) is 4.97. The summed E-state index contributed by atoms with van der Waals surface area (Å²) in [5, 5.41) is 10.1. The van der Waals surface area contributed by atoms with E-state index in [1.807, 2.05) is 69.6 Å². The number of ether oxygens (including phenoxy) is 1. The fourth-order valence-corrected chi connectivity index (χ4v) is 3.87. The molecular weight excluding hydrogens is 372 g/mol. The highest BCUT2D eigenvalue weighted by atomic mass is 32.1. The molecule has 5 nitrogen and oxygen atoms in total. The SMILES string of the molecule is Cc1ccc(-c2nc(-c3ccccc3OCCN(C)C)sc2CC(=O)O)cc1. The number of aryl methyl sites for hydroxylation is 1. The van der Waals surface area contributed by atoms with Crippen LogP contribution in [0.25, 0.3) is 21.8 Å². The van der Waals surface area contributed by atoms with Crippen LogP contribution in [0.4, 0.5) is 0 Å². The third-order valence-corrected chi connectivity index (χ3v) is 5.34. The van der Waals surface area contributed by atoms with E-state index in [0.717, 1.165) is 44.6 Å². The number of aliphatic carboxylic acids is 1. The van der Waals surface area contributed by atoms with Crippen molar-refractivity contribution in [3.8, 4) is 27.6 Å². The lowest BCUT2D eigenvalue weighted by Gasteiger charge is -2.13. The minimum Gasteiger partial charge on any atom is -0.492 e. The molecule has 0 aliphatic carbocycles. The second-order valence-electron chi connectivity index (χ2n) is 6.88. The van der Waals surface area contributed by atoms with Crippen molar-refractivity contribution >= 4 is 17.3 Å². The van der Waals surface area contributed by atoms with Crippen LogP contribution in [-0.2, 0) is 11.2 Å². The van der Waals surface area contributed by atoms with Crippen LogP contribution in [0.5, 0.6) is 5.75 Å². The second-order valence-corrected chi connectivity index (χ2v) is 7.96. The third-order valence-electron chi connectivity index (χ3n) is 4.25. The van der Waals surface area contributed by atoms with Gasteiger partial charge in [0.25, 0.3) is 0 Å². The molecule has 3 aromatic rings. The number of likely N-dealkylation sites (N-methyl/N-ethyl adjacent to an activating group) is 1. The number of thiazole rings is 1. The van der Waals surface area contributed by atoms with Crippen LogP contribution in [0.2, 0.25) is 0 Å². The van der Waals surface area contributed by atoms with Gasteiger partial charge in [-0.1, -0.05) is 42.0 Å². The van der Waals surface area contributed by atoms with Crippen LogP contribution in [-0.4, -0.2) is 48.2 Å². The summed E-state index contributed by atoms with van der Waals surface area (Å²) in [7, 11) is 4.00. The summed E-state index contributed by atoms with van der Waals surface area (Å²) in [5.74, 6) is -0.102. The molecule has 0 aliphatic heterocycles. The van der Waals surface area contributed by atoms with Crippen LogP contribution in [0.15, 0.2) is 48.5 Å². The second kappa shape index (κ2) is 8.99. The lowest BCUT2D eigenvalue weighted by atomic mass is 10.1. The van der Waals surface area contributed by atoms with Gasteiger partial charge in [0.1, 0.15) is 17.4 Å². The largest absolute Gasteiger partial charge is 0.492 e. The number of para-hydroxylation sites is 1. The fraction of sp³-hybridized carbons (Fsp3) is 0.273. The molecule has 1 heterocycles. The van der Waals surface area contributed by atoms with Crippen molar-refractivity contribution in [2.24, 2.45) is 0 Å². The Hall–Kier alpha value is -2.70. The number of carbonyl (C=O) groups is 1. The standard InChI is InChI=1S/C22H24N2O3S/c1-15-8-10-16(11-9-15)21-19(14-20(25)26)28-22(23-21)17-6-4-5-7-18(17)27-13-12-24(2)3/h4-11H,12-14H2,1-3H3,(H,25,26). The van der Waals surface area contributed by atoms with Gasteiger partial charge in [-0.15, -0.1) is 11.3 Å². The van der Waals surface area contributed by atoms with Crippen molar-refractivity contribution in [2.45, 2.75) is 13.3 Å². The van der Waals surface area contributed by atoms with Crippen LogP contribution in [0, 0.1) is 6.92 Å². The molecule has 0 saturated heterocycles. The quantitative estimate of drug-likeness (QED) is 0.613. The van der Waals surface area contributed by atoms with Gasteiger partial charge in [0.2, 0.25) is 0 Å². The van der Waals surface area contributed by atoms with Crippen molar-refractivity contribution in [1.82, 2.24) is 9.88 Å². The van der Waals surface area contributed by atoms with Crippen LogP contribution in [0.3, 0.4) is 0 Å². The van der Waals surface area contributed by atoms with Gasteiger partial charge in [-0.3, -0.25) is 4.79 Å². The van der Waals surface area contributed by atoms with Gasteiger partial charge in [-0.2, -0.15) is 0 Å². The van der Waals surface area contributed by atoms with Crippen molar-refractivity contribution in [1.29, 1.82) is 0 Å². The topological polar surface area (TPSA) is 62.7 Å². The predicted molar refractivity (Wildman–Crippen MR) is 113 cm³/mol. The summed E-state index contributed by atoms with van der Waals surface area (Å²) in [5.41, 5.74) is 3.69. The van der Waals surface area contributed by atoms with Gasteiger partial charge in [0.05, 0.1) is 17.7 Å². The highest BCUT2D eigenvalue weighted by Crippen LogP contribution is 2.38. The molecule has 1 N–H and O–H groups in total. The molecule has 0 bridgehead atoms. The van der Waals surface area contributed by atoms with E-state index < -0.39 is 5.97 Å². The first-order chi connectivity index (χ1) is 13.4. The summed E-state index contributed by atoms with van der Waals surface area (Å²) in [4.78, 5) is 19.0. The van der Waals surface area contributed by atoms with E-state index in [1.165, 1.54) is 11.3 Å². The first-order valence-corrected chi connectivity index (χ1v) is 9.91. The van der Waals surface area contributed by atoms with Gasteiger partial charge >= 0.3 is 5.97 Å².